The van der Waals surface area contributed by atoms with Crippen molar-refractivity contribution < 1.29 is 9.53 Å². The van der Waals surface area contributed by atoms with Crippen LogP contribution in [0.4, 0.5) is 0 Å². The molecule has 0 aromatic heterocycles. The molecule has 1 saturated carbocycles. The normalized spacial score (nSPS) is 32.7. The number of carbonyl (C=O) groups excluding carboxylic acids is 1. The molecule has 4 nitrogen and oxygen atoms in total. The number of carbonyl (C=O) groups is 1. The molecule has 2 aliphatic rings. The van der Waals surface area contributed by atoms with E-state index in [9.17, 15) is 4.79 Å². The average Bonchev–Trinajstić information content (AvgIpc) is 2.90. The first-order chi connectivity index (χ1) is 7.15. The summed E-state index contributed by atoms with van der Waals surface area (Å²) < 4.78 is 5.37. The van der Waals surface area contributed by atoms with Crippen LogP contribution in [0.2, 0.25) is 0 Å². The Balaban J connectivity index is 1.73. The molecule has 86 valence electrons. The molecule has 0 radical (unpaired) electrons. The highest BCUT2D eigenvalue weighted by Crippen LogP contribution is 2.43. The summed E-state index contributed by atoms with van der Waals surface area (Å²) in [5.41, 5.74) is 5.88. The lowest BCUT2D eigenvalue weighted by Crippen LogP contribution is -2.37. The van der Waals surface area contributed by atoms with Gasteiger partial charge >= 0.3 is 0 Å². The van der Waals surface area contributed by atoms with E-state index in [1.807, 2.05) is 6.92 Å². The second-order valence-corrected chi connectivity index (χ2v) is 5.00. The lowest BCUT2D eigenvalue weighted by molar-refractivity contribution is -0.125. The maximum atomic E-state index is 11.7. The number of hydrogen-bond acceptors (Lipinski definition) is 3. The van der Waals surface area contributed by atoms with Crippen molar-refractivity contribution in [3.05, 3.63) is 0 Å². The van der Waals surface area contributed by atoms with Crippen molar-refractivity contribution >= 4 is 5.91 Å². The SMILES string of the molecule is CC1CC(C(=O)NCC2(CN)CC2)CO1. The Labute approximate surface area is 90.5 Å². The molecule has 2 unspecified atom stereocenters. The van der Waals surface area contributed by atoms with E-state index in [2.05, 4.69) is 5.32 Å². The van der Waals surface area contributed by atoms with Crippen molar-refractivity contribution in [2.75, 3.05) is 19.7 Å². The van der Waals surface area contributed by atoms with E-state index >= 15 is 0 Å². The van der Waals surface area contributed by atoms with Crippen LogP contribution in [0.25, 0.3) is 0 Å². The predicted molar refractivity (Wildman–Crippen MR) is 57.3 cm³/mol. The van der Waals surface area contributed by atoms with Gasteiger partial charge in [0.05, 0.1) is 18.6 Å². The van der Waals surface area contributed by atoms with Gasteiger partial charge in [-0.3, -0.25) is 4.79 Å². The van der Waals surface area contributed by atoms with Crippen molar-refractivity contribution in [3.63, 3.8) is 0 Å². The highest BCUT2D eigenvalue weighted by atomic mass is 16.5. The van der Waals surface area contributed by atoms with Crippen LogP contribution in [0.3, 0.4) is 0 Å². The van der Waals surface area contributed by atoms with Crippen LogP contribution in [-0.2, 0) is 9.53 Å². The highest BCUT2D eigenvalue weighted by Gasteiger charge is 2.41. The summed E-state index contributed by atoms with van der Waals surface area (Å²) >= 11 is 0. The van der Waals surface area contributed by atoms with Crippen LogP contribution >= 0.6 is 0 Å². The Morgan fingerprint density at radius 3 is 2.80 bits per heavy atom. The summed E-state index contributed by atoms with van der Waals surface area (Å²) in [7, 11) is 0. The molecule has 0 spiro atoms. The number of ether oxygens (including phenoxy) is 1. The molecule has 1 aliphatic heterocycles. The molecule has 4 heteroatoms. The van der Waals surface area contributed by atoms with Gasteiger partial charge in [-0.15, -0.1) is 0 Å². The Morgan fingerprint density at radius 1 is 1.60 bits per heavy atom. The average molecular weight is 212 g/mol. The maximum absolute atomic E-state index is 11.7. The largest absolute Gasteiger partial charge is 0.378 e. The first kappa shape index (κ1) is 10.9. The summed E-state index contributed by atoms with van der Waals surface area (Å²) in [5.74, 6) is 0.188. The van der Waals surface area contributed by atoms with Crippen molar-refractivity contribution in [1.82, 2.24) is 5.32 Å². The highest BCUT2D eigenvalue weighted by molar-refractivity contribution is 5.79. The molecule has 15 heavy (non-hydrogen) atoms. The van der Waals surface area contributed by atoms with E-state index in [-0.39, 0.29) is 23.3 Å². The Kier molecular flexibility index (Phi) is 2.98. The van der Waals surface area contributed by atoms with Crippen LogP contribution in [0, 0.1) is 11.3 Å². The first-order valence-electron chi connectivity index (χ1n) is 5.75. The molecule has 1 heterocycles. The monoisotopic (exact) mass is 212 g/mol. The van der Waals surface area contributed by atoms with Crippen LogP contribution < -0.4 is 11.1 Å². The Hall–Kier alpha value is -0.610. The van der Waals surface area contributed by atoms with E-state index in [4.69, 9.17) is 10.5 Å². The molecule has 1 amide bonds. The number of nitrogens with one attached hydrogen (secondary N) is 1. The van der Waals surface area contributed by atoms with Crippen LogP contribution in [0.1, 0.15) is 26.2 Å². The van der Waals surface area contributed by atoms with Gasteiger partial charge in [-0.25, -0.2) is 0 Å². The molecule has 1 aliphatic carbocycles. The van der Waals surface area contributed by atoms with Gasteiger partial charge in [0.2, 0.25) is 5.91 Å². The van der Waals surface area contributed by atoms with Gasteiger partial charge in [-0.05, 0) is 38.1 Å². The third-order valence-corrected chi connectivity index (χ3v) is 3.60. The van der Waals surface area contributed by atoms with Gasteiger partial charge in [-0.1, -0.05) is 0 Å². The molecule has 0 aromatic rings. The van der Waals surface area contributed by atoms with Gasteiger partial charge in [0.25, 0.3) is 0 Å². The van der Waals surface area contributed by atoms with Crippen LogP contribution in [0.15, 0.2) is 0 Å². The number of amides is 1. The van der Waals surface area contributed by atoms with Crippen molar-refractivity contribution in [3.8, 4) is 0 Å². The molecule has 2 fully saturated rings. The molecule has 0 aromatic carbocycles. The molecular formula is C11H20N2O2. The van der Waals surface area contributed by atoms with Gasteiger partial charge in [0.1, 0.15) is 0 Å². The third-order valence-electron chi connectivity index (χ3n) is 3.60. The number of nitrogens with two attached hydrogens (primary N) is 1. The molecule has 1 saturated heterocycles. The Morgan fingerprint density at radius 2 is 2.33 bits per heavy atom. The van der Waals surface area contributed by atoms with Crippen molar-refractivity contribution in [2.45, 2.75) is 32.3 Å². The second kappa shape index (κ2) is 4.10. The van der Waals surface area contributed by atoms with Crippen LogP contribution in [0.5, 0.6) is 0 Å². The summed E-state index contributed by atoms with van der Waals surface area (Å²) in [6.45, 7) is 4.01. The maximum Gasteiger partial charge on any atom is 0.225 e. The third kappa shape index (κ3) is 2.49. The summed E-state index contributed by atoms with van der Waals surface area (Å²) in [5, 5.41) is 3.00. The molecule has 2 atom stereocenters. The van der Waals surface area contributed by atoms with Crippen molar-refractivity contribution in [1.29, 1.82) is 0 Å². The predicted octanol–water partition coefficient (Wildman–Crippen LogP) is 0.267. The molecule has 3 N–H and O–H groups in total. The van der Waals surface area contributed by atoms with E-state index in [1.54, 1.807) is 0 Å². The Bertz CT molecular complexity index is 251. The van der Waals surface area contributed by atoms with Crippen molar-refractivity contribution in [2.24, 2.45) is 17.1 Å². The minimum Gasteiger partial charge on any atom is -0.378 e. The summed E-state index contributed by atoms with van der Waals surface area (Å²) in [6.07, 6.45) is 3.38. The zero-order valence-corrected chi connectivity index (χ0v) is 9.29. The van der Waals surface area contributed by atoms with Gasteiger partial charge < -0.3 is 15.8 Å². The summed E-state index contributed by atoms with van der Waals surface area (Å²) in [6, 6.07) is 0. The van der Waals surface area contributed by atoms with E-state index in [0.29, 0.717) is 13.2 Å². The molecule has 2 rings (SSSR count). The molecular weight excluding hydrogens is 192 g/mol. The fourth-order valence-electron chi connectivity index (χ4n) is 2.05. The quantitative estimate of drug-likeness (QED) is 0.703. The lowest BCUT2D eigenvalue weighted by Gasteiger charge is -2.15. The van der Waals surface area contributed by atoms with Crippen LogP contribution in [-0.4, -0.2) is 31.7 Å². The molecule has 0 bridgehead atoms. The number of rotatable bonds is 4. The van der Waals surface area contributed by atoms with Gasteiger partial charge in [0.15, 0.2) is 0 Å². The van der Waals surface area contributed by atoms with E-state index in [0.717, 1.165) is 25.8 Å². The zero-order chi connectivity index (χ0) is 10.9. The first-order valence-corrected chi connectivity index (χ1v) is 5.75. The fourth-order valence-corrected chi connectivity index (χ4v) is 2.05. The van der Waals surface area contributed by atoms with E-state index < -0.39 is 0 Å². The lowest BCUT2D eigenvalue weighted by atomic mass is 10.0. The second-order valence-electron chi connectivity index (χ2n) is 5.00. The topological polar surface area (TPSA) is 64.4 Å². The minimum atomic E-state index is 0.0496. The zero-order valence-electron chi connectivity index (χ0n) is 9.29. The van der Waals surface area contributed by atoms with E-state index in [1.165, 1.54) is 0 Å². The minimum absolute atomic E-state index is 0.0496. The standard InChI is InChI=1S/C11H20N2O2/c1-8-4-9(5-15-8)10(14)13-7-11(6-12)2-3-11/h8-9H,2-7,12H2,1H3,(H,13,14). The smallest absolute Gasteiger partial charge is 0.225 e. The summed E-state index contributed by atoms with van der Waals surface area (Å²) in [4.78, 5) is 11.7. The number of hydrogen-bond donors (Lipinski definition) is 2. The van der Waals surface area contributed by atoms with Gasteiger partial charge in [0, 0.05) is 6.54 Å². The fraction of sp³-hybridized carbons (Fsp3) is 0.909. The van der Waals surface area contributed by atoms with Gasteiger partial charge in [-0.2, -0.15) is 0 Å².